The van der Waals surface area contributed by atoms with Crippen LogP contribution in [-0.4, -0.2) is 23.7 Å². The van der Waals surface area contributed by atoms with Crippen LogP contribution in [0, 0.1) is 10.1 Å². The third-order valence-corrected chi connectivity index (χ3v) is 9.32. The zero-order valence-corrected chi connectivity index (χ0v) is 26.0. The van der Waals surface area contributed by atoms with Crippen LogP contribution in [0.4, 0.5) is 5.69 Å². The van der Waals surface area contributed by atoms with E-state index >= 15 is 0 Å². The molecule has 0 N–H and O–H groups in total. The molecule has 0 spiro atoms. The standard InChI is InChI=1S/C36H29N3O6S/c1-43-29-10-6-5-9-27(29)34-28-17-14-24-7-3-4-8-26(24)33(28)37-36-38(34)35(40)32(46-36)20-23-13-18-30(31(19-23)44-2)45-21-22-11-15-25(16-12-22)39(41)42/h3-13,15-16,18-20,34H,14,17,21H2,1-2H3/b32-20+/t34-/m1/s1. The molecule has 2 aliphatic rings. The Kier molecular flexibility index (Phi) is 7.71. The number of thiazole rings is 1. The number of rotatable bonds is 8. The van der Waals surface area contributed by atoms with Crippen molar-refractivity contribution in [2.75, 3.05) is 14.2 Å². The minimum absolute atomic E-state index is 0.0233. The number of nitro benzene ring substituents is 1. The largest absolute Gasteiger partial charge is 0.496 e. The third-order valence-electron chi connectivity index (χ3n) is 8.33. The first-order chi connectivity index (χ1) is 22.4. The molecular weight excluding hydrogens is 602 g/mol. The van der Waals surface area contributed by atoms with Gasteiger partial charge < -0.3 is 14.2 Å². The molecule has 1 aliphatic heterocycles. The van der Waals surface area contributed by atoms with Crippen LogP contribution in [0.5, 0.6) is 17.2 Å². The second kappa shape index (κ2) is 12.1. The van der Waals surface area contributed by atoms with Crippen LogP contribution in [0.2, 0.25) is 0 Å². The summed E-state index contributed by atoms with van der Waals surface area (Å²) in [4.78, 5) is 30.4. The number of methoxy groups -OCH3 is 2. The normalized spacial score (nSPS) is 15.3. The van der Waals surface area contributed by atoms with E-state index in [2.05, 4.69) is 18.2 Å². The quantitative estimate of drug-likeness (QED) is 0.158. The van der Waals surface area contributed by atoms with E-state index in [1.165, 1.54) is 29.0 Å². The zero-order chi connectivity index (χ0) is 31.8. The summed E-state index contributed by atoms with van der Waals surface area (Å²) >= 11 is 1.36. The van der Waals surface area contributed by atoms with Gasteiger partial charge in [-0.2, -0.15) is 0 Å². The summed E-state index contributed by atoms with van der Waals surface area (Å²) in [7, 11) is 3.21. The van der Waals surface area contributed by atoms with Gasteiger partial charge in [0.25, 0.3) is 11.2 Å². The maximum atomic E-state index is 14.2. The molecule has 1 aliphatic carbocycles. The number of ether oxygens (including phenoxy) is 3. The van der Waals surface area contributed by atoms with Gasteiger partial charge in [0.2, 0.25) is 0 Å². The van der Waals surface area contributed by atoms with Gasteiger partial charge in [0, 0.05) is 23.3 Å². The molecule has 0 unspecified atom stereocenters. The minimum Gasteiger partial charge on any atom is -0.496 e. The van der Waals surface area contributed by atoms with Crippen molar-refractivity contribution in [3.63, 3.8) is 0 Å². The van der Waals surface area contributed by atoms with Crippen LogP contribution in [0.15, 0.2) is 106 Å². The Hall–Kier alpha value is -5.48. The van der Waals surface area contributed by atoms with Crippen LogP contribution in [-0.2, 0) is 13.0 Å². The molecular formula is C36H29N3O6S. The van der Waals surface area contributed by atoms with Gasteiger partial charge in [0.1, 0.15) is 12.4 Å². The molecule has 0 radical (unpaired) electrons. The molecule has 2 heterocycles. The SMILES string of the molecule is COc1cc(/C=c2/sc3n(c2=O)[C@H](c2ccccc2OC)C2=C(N=3)c3ccccc3CC2)ccc1OCc1ccc([N+](=O)[O-])cc1. The number of aryl methyl sites for hydroxylation is 1. The van der Waals surface area contributed by atoms with Crippen LogP contribution in [0.1, 0.15) is 40.3 Å². The number of allylic oxidation sites excluding steroid dienone is 1. The Morgan fingerprint density at radius 2 is 1.70 bits per heavy atom. The number of hydrogen-bond donors (Lipinski definition) is 0. The van der Waals surface area contributed by atoms with Crippen LogP contribution < -0.4 is 29.1 Å². The van der Waals surface area contributed by atoms with E-state index in [1.54, 1.807) is 37.0 Å². The molecule has 1 aromatic heterocycles. The highest BCUT2D eigenvalue weighted by atomic mass is 32.1. The van der Waals surface area contributed by atoms with Crippen molar-refractivity contribution in [3.8, 4) is 17.2 Å². The summed E-state index contributed by atoms with van der Waals surface area (Å²) in [6, 6.07) is 27.6. The van der Waals surface area contributed by atoms with Crippen LogP contribution >= 0.6 is 11.3 Å². The van der Waals surface area contributed by atoms with Crippen molar-refractivity contribution in [3.05, 3.63) is 154 Å². The number of non-ortho nitro benzene ring substituents is 1. The van der Waals surface area contributed by atoms with Gasteiger partial charge >= 0.3 is 0 Å². The minimum atomic E-state index is -0.435. The van der Waals surface area contributed by atoms with E-state index in [4.69, 9.17) is 19.2 Å². The summed E-state index contributed by atoms with van der Waals surface area (Å²) < 4.78 is 19.7. The van der Waals surface area contributed by atoms with Gasteiger partial charge in [0.15, 0.2) is 16.3 Å². The molecule has 0 bridgehead atoms. The lowest BCUT2D eigenvalue weighted by atomic mass is 9.83. The molecule has 1 atom stereocenters. The predicted octanol–water partition coefficient (Wildman–Crippen LogP) is 5.82. The first-order valence-electron chi connectivity index (χ1n) is 14.8. The predicted molar refractivity (Wildman–Crippen MR) is 176 cm³/mol. The molecule has 5 aromatic rings. The number of para-hydroxylation sites is 1. The van der Waals surface area contributed by atoms with Gasteiger partial charge in [-0.25, -0.2) is 4.99 Å². The second-order valence-corrected chi connectivity index (χ2v) is 12.0. The average molecular weight is 632 g/mol. The van der Waals surface area contributed by atoms with Gasteiger partial charge in [-0.1, -0.05) is 59.9 Å². The zero-order valence-electron chi connectivity index (χ0n) is 25.1. The van der Waals surface area contributed by atoms with E-state index < -0.39 is 4.92 Å². The summed E-state index contributed by atoms with van der Waals surface area (Å²) in [6.45, 7) is 0.211. The topological polar surface area (TPSA) is 105 Å². The number of nitro groups is 1. The molecule has 0 saturated heterocycles. The fourth-order valence-electron chi connectivity index (χ4n) is 6.11. The van der Waals surface area contributed by atoms with Gasteiger partial charge in [-0.3, -0.25) is 19.5 Å². The number of nitrogens with zero attached hydrogens (tertiary/aromatic N) is 3. The second-order valence-electron chi connectivity index (χ2n) is 11.0. The van der Waals surface area contributed by atoms with Gasteiger partial charge in [-0.15, -0.1) is 0 Å². The van der Waals surface area contributed by atoms with E-state index in [0.717, 1.165) is 52.1 Å². The summed E-state index contributed by atoms with van der Waals surface area (Å²) in [6.07, 6.45) is 3.52. The summed E-state index contributed by atoms with van der Waals surface area (Å²) in [5.41, 5.74) is 6.79. The van der Waals surface area contributed by atoms with Gasteiger partial charge in [-0.05, 0) is 71.5 Å². The Balaban J connectivity index is 1.28. The van der Waals surface area contributed by atoms with Crippen molar-refractivity contribution in [2.24, 2.45) is 4.99 Å². The fourth-order valence-corrected chi connectivity index (χ4v) is 7.11. The number of aromatic nitrogens is 1. The lowest BCUT2D eigenvalue weighted by molar-refractivity contribution is -0.384. The Morgan fingerprint density at radius 1 is 0.935 bits per heavy atom. The van der Waals surface area contributed by atoms with Crippen LogP contribution in [0.25, 0.3) is 11.8 Å². The molecule has 9 nitrogen and oxygen atoms in total. The highest BCUT2D eigenvalue weighted by Crippen LogP contribution is 2.43. The highest BCUT2D eigenvalue weighted by Gasteiger charge is 2.34. The van der Waals surface area contributed by atoms with E-state index in [-0.39, 0.29) is 23.9 Å². The van der Waals surface area contributed by atoms with Crippen molar-refractivity contribution in [2.45, 2.75) is 25.5 Å². The molecule has 0 saturated carbocycles. The molecule has 46 heavy (non-hydrogen) atoms. The molecule has 10 heteroatoms. The number of hydrogen-bond acceptors (Lipinski definition) is 8. The smallest absolute Gasteiger partial charge is 0.271 e. The lowest BCUT2D eigenvalue weighted by Crippen LogP contribution is -2.39. The Morgan fingerprint density at radius 3 is 2.48 bits per heavy atom. The first-order valence-corrected chi connectivity index (χ1v) is 15.6. The molecule has 4 aromatic carbocycles. The van der Waals surface area contributed by atoms with Crippen molar-refractivity contribution in [1.82, 2.24) is 4.57 Å². The Labute approximate surface area is 268 Å². The van der Waals surface area contributed by atoms with Gasteiger partial charge in [0.05, 0.1) is 35.4 Å². The van der Waals surface area contributed by atoms with Crippen LogP contribution in [0.3, 0.4) is 0 Å². The maximum Gasteiger partial charge on any atom is 0.271 e. The summed E-state index contributed by atoms with van der Waals surface area (Å²) in [5, 5.41) is 10.9. The third kappa shape index (κ3) is 5.26. The van der Waals surface area contributed by atoms with E-state index in [9.17, 15) is 14.9 Å². The molecule has 0 amide bonds. The lowest BCUT2D eigenvalue weighted by Gasteiger charge is -2.31. The molecule has 7 rings (SSSR count). The van der Waals surface area contributed by atoms with Crippen molar-refractivity contribution in [1.29, 1.82) is 0 Å². The number of benzene rings is 4. The van der Waals surface area contributed by atoms with E-state index in [0.29, 0.717) is 20.8 Å². The molecule has 230 valence electrons. The van der Waals surface area contributed by atoms with Crippen molar-refractivity contribution < 1.29 is 19.1 Å². The average Bonchev–Trinajstić information content (AvgIpc) is 3.40. The fraction of sp³-hybridized carbons (Fsp3) is 0.167. The summed E-state index contributed by atoms with van der Waals surface area (Å²) in [5.74, 6) is 1.74. The maximum absolute atomic E-state index is 14.2. The van der Waals surface area contributed by atoms with E-state index in [1.807, 2.05) is 48.5 Å². The van der Waals surface area contributed by atoms with Crippen molar-refractivity contribution >= 4 is 28.8 Å². The number of fused-ring (bicyclic) bond motifs is 3. The highest BCUT2D eigenvalue weighted by molar-refractivity contribution is 7.07. The Bertz CT molecular complexity index is 2200. The monoisotopic (exact) mass is 631 g/mol. The first kappa shape index (κ1) is 29.2. The molecule has 0 fully saturated rings.